The van der Waals surface area contributed by atoms with Gasteiger partial charge >= 0.3 is 0 Å². The minimum Gasteiger partial charge on any atom is -0.455 e. The standard InChI is InChI=1S/C87H98N6O/c1-80(2,3)56-37-52(38-57(46-56)81(4,5)6)68-50-69(53-39-58(82(7,8)9)47-59(40-53)83(10,11)12)89-76(88-68)51-33-35-71(93-70-31-27-25-30-66(70)74-72(93)36-34-65-64-29-26-28-32-73(64)94-75(65)74)67(45-51)79-91-77(54-41-60(84(13,14)15)48-61(42-54)85(16,17)18)90-78(92-79)55-43-62(86(19,20)21)49-63(44-55)87(22,23)24/h25-50H,1-24H3. The van der Waals surface area contributed by atoms with Gasteiger partial charge in [0, 0.05) is 49.5 Å². The highest BCUT2D eigenvalue weighted by atomic mass is 16.3. The number of benzene rings is 8. The van der Waals surface area contributed by atoms with Gasteiger partial charge in [-0.2, -0.15) is 0 Å². The van der Waals surface area contributed by atoms with Gasteiger partial charge in [0.1, 0.15) is 11.2 Å². The van der Waals surface area contributed by atoms with Crippen LogP contribution in [0.5, 0.6) is 0 Å². The lowest BCUT2D eigenvalue weighted by Gasteiger charge is -2.27. The van der Waals surface area contributed by atoms with Gasteiger partial charge in [-0.3, -0.25) is 0 Å². The Morgan fingerprint density at radius 2 is 0.638 bits per heavy atom. The third-order valence-corrected chi connectivity index (χ3v) is 19.0. The first-order valence-electron chi connectivity index (χ1n) is 33.9. The quantitative estimate of drug-likeness (QED) is 0.158. The number of aromatic nitrogens is 6. The van der Waals surface area contributed by atoms with Crippen molar-refractivity contribution in [1.29, 1.82) is 0 Å². The highest BCUT2D eigenvalue weighted by Gasteiger charge is 2.30. The maximum Gasteiger partial charge on any atom is 0.166 e. The van der Waals surface area contributed by atoms with E-state index < -0.39 is 0 Å². The SMILES string of the molecule is CC(C)(C)c1cc(-c2cc(-c3cc(C(C)(C)C)cc(C(C)(C)C)c3)nc(-c3ccc(-n4c5ccccc5c5c6oc7ccccc7c6ccc54)c(-c4nc(-c5cc(C(C)(C)C)cc(C(C)(C)C)c5)nc(-c5cc(C(C)(C)C)cc(C(C)(C)C)c5)n4)c3)n2)cc(C(C)(C)C)c1. The maximum atomic E-state index is 6.91. The summed E-state index contributed by atoms with van der Waals surface area (Å²) in [4.78, 5) is 28.7. The Bertz CT molecular complexity index is 4650. The second-order valence-electron chi connectivity index (χ2n) is 35.0. The van der Waals surface area contributed by atoms with Crippen LogP contribution < -0.4 is 0 Å². The zero-order valence-electron chi connectivity index (χ0n) is 60.6. The molecular formula is C87H98N6O. The lowest BCUT2D eigenvalue weighted by atomic mass is 9.79. The van der Waals surface area contributed by atoms with Crippen LogP contribution in [0.4, 0.5) is 0 Å². The van der Waals surface area contributed by atoms with Crippen molar-refractivity contribution in [1.82, 2.24) is 29.5 Å². The first kappa shape index (κ1) is 65.5. The third kappa shape index (κ3) is 12.7. The van der Waals surface area contributed by atoms with E-state index in [9.17, 15) is 0 Å². The molecule has 0 unspecified atom stereocenters. The highest BCUT2D eigenvalue weighted by Crippen LogP contribution is 2.46. The zero-order valence-corrected chi connectivity index (χ0v) is 60.6. The molecular weight excluding hydrogens is 1140 g/mol. The summed E-state index contributed by atoms with van der Waals surface area (Å²) in [5, 5.41) is 4.28. The van der Waals surface area contributed by atoms with Crippen LogP contribution in [0, 0.1) is 0 Å². The van der Waals surface area contributed by atoms with Gasteiger partial charge in [0.2, 0.25) is 0 Å². The van der Waals surface area contributed by atoms with E-state index in [2.05, 4.69) is 322 Å². The molecule has 0 aliphatic carbocycles. The van der Waals surface area contributed by atoms with Crippen molar-refractivity contribution in [2.75, 3.05) is 0 Å². The van der Waals surface area contributed by atoms with Crippen LogP contribution >= 0.6 is 0 Å². The van der Waals surface area contributed by atoms with E-state index in [0.717, 1.165) is 94.2 Å². The molecule has 0 atom stereocenters. The molecule has 0 bridgehead atoms. The van der Waals surface area contributed by atoms with Crippen LogP contribution in [0.25, 0.3) is 117 Å². The third-order valence-electron chi connectivity index (χ3n) is 19.0. The first-order valence-corrected chi connectivity index (χ1v) is 33.9. The van der Waals surface area contributed by atoms with Gasteiger partial charge in [-0.1, -0.05) is 227 Å². The van der Waals surface area contributed by atoms with Gasteiger partial charge in [0.15, 0.2) is 23.3 Å². The molecule has 7 heteroatoms. The summed E-state index contributed by atoms with van der Waals surface area (Å²) in [5.41, 5.74) is 20.6. The topological polar surface area (TPSA) is 82.5 Å². The normalized spacial score (nSPS) is 13.3. The maximum absolute atomic E-state index is 6.91. The van der Waals surface area contributed by atoms with E-state index in [1.54, 1.807) is 0 Å². The minimum atomic E-state index is -0.168. The van der Waals surface area contributed by atoms with Gasteiger partial charge in [-0.25, -0.2) is 24.9 Å². The van der Waals surface area contributed by atoms with E-state index in [0.29, 0.717) is 23.3 Å². The molecule has 4 heterocycles. The first-order chi connectivity index (χ1) is 43.6. The number of para-hydroxylation sites is 2. The van der Waals surface area contributed by atoms with Gasteiger partial charge in [-0.15, -0.1) is 0 Å². The van der Waals surface area contributed by atoms with Gasteiger partial charge in [0.05, 0.1) is 33.5 Å². The Kier molecular flexibility index (Phi) is 15.7. The lowest BCUT2D eigenvalue weighted by molar-refractivity contribution is 0.568. The van der Waals surface area contributed by atoms with E-state index in [1.165, 1.54) is 44.5 Å². The fourth-order valence-electron chi connectivity index (χ4n) is 12.7. The lowest BCUT2D eigenvalue weighted by Crippen LogP contribution is -2.17. The van der Waals surface area contributed by atoms with Crippen molar-refractivity contribution in [2.24, 2.45) is 0 Å². The fraction of sp³-hybridized carbons (Fsp3) is 0.368. The molecule has 0 saturated carbocycles. The molecule has 482 valence electrons. The molecule has 0 spiro atoms. The number of hydrogen-bond donors (Lipinski definition) is 0. The summed E-state index contributed by atoms with van der Waals surface area (Å²) in [6, 6.07) is 58.5. The molecule has 0 radical (unpaired) electrons. The average molecular weight is 1240 g/mol. The molecule has 0 amide bonds. The highest BCUT2D eigenvalue weighted by molar-refractivity contribution is 6.24. The van der Waals surface area contributed by atoms with Crippen molar-refractivity contribution in [2.45, 2.75) is 209 Å². The molecule has 0 aliphatic rings. The second kappa shape index (κ2) is 22.6. The number of rotatable bonds is 7. The Morgan fingerprint density at radius 3 is 1.05 bits per heavy atom. The molecule has 0 aliphatic heterocycles. The molecule has 94 heavy (non-hydrogen) atoms. The van der Waals surface area contributed by atoms with Crippen LogP contribution in [-0.4, -0.2) is 29.5 Å². The molecule has 12 aromatic rings. The monoisotopic (exact) mass is 1240 g/mol. The molecule has 7 nitrogen and oxygen atoms in total. The van der Waals surface area contributed by atoms with E-state index in [4.69, 9.17) is 29.3 Å². The summed E-state index contributed by atoms with van der Waals surface area (Å²) in [6.45, 7) is 55.0. The summed E-state index contributed by atoms with van der Waals surface area (Å²) in [6.07, 6.45) is 0. The summed E-state index contributed by atoms with van der Waals surface area (Å²) < 4.78 is 9.30. The van der Waals surface area contributed by atoms with Crippen LogP contribution in [0.1, 0.15) is 211 Å². The number of fused-ring (bicyclic) bond motifs is 7. The Hall–Kier alpha value is -8.55. The summed E-state index contributed by atoms with van der Waals surface area (Å²) in [7, 11) is 0. The van der Waals surface area contributed by atoms with Crippen LogP contribution in [0.15, 0.2) is 162 Å². The second-order valence-corrected chi connectivity index (χ2v) is 35.0. The van der Waals surface area contributed by atoms with E-state index in [1.807, 2.05) is 6.07 Å². The smallest absolute Gasteiger partial charge is 0.166 e. The fourth-order valence-corrected chi connectivity index (χ4v) is 12.7. The Balaban J connectivity index is 1.23. The van der Waals surface area contributed by atoms with Gasteiger partial charge in [-0.05, 0) is 185 Å². The molecule has 0 N–H and O–H groups in total. The Labute approximate surface area is 560 Å². The molecule has 0 fully saturated rings. The number of hydrogen-bond acceptors (Lipinski definition) is 6. The van der Waals surface area contributed by atoms with Crippen molar-refractivity contribution in [3.05, 3.63) is 202 Å². The zero-order chi connectivity index (χ0) is 67.9. The van der Waals surface area contributed by atoms with E-state index >= 15 is 0 Å². The number of nitrogens with zero attached hydrogens (tertiary/aromatic N) is 6. The van der Waals surface area contributed by atoms with E-state index in [-0.39, 0.29) is 43.3 Å². The predicted molar refractivity (Wildman–Crippen MR) is 399 cm³/mol. The summed E-state index contributed by atoms with van der Waals surface area (Å²) in [5.74, 6) is 2.32. The largest absolute Gasteiger partial charge is 0.455 e. The van der Waals surface area contributed by atoms with Crippen molar-refractivity contribution < 1.29 is 4.42 Å². The number of furan rings is 1. The van der Waals surface area contributed by atoms with Crippen LogP contribution in [0.2, 0.25) is 0 Å². The van der Waals surface area contributed by atoms with Crippen LogP contribution in [0.3, 0.4) is 0 Å². The summed E-state index contributed by atoms with van der Waals surface area (Å²) >= 11 is 0. The van der Waals surface area contributed by atoms with Crippen molar-refractivity contribution >= 4 is 43.7 Å². The minimum absolute atomic E-state index is 0.127. The van der Waals surface area contributed by atoms with Crippen molar-refractivity contribution in [3.63, 3.8) is 0 Å². The molecule has 8 aromatic carbocycles. The Morgan fingerprint density at radius 1 is 0.277 bits per heavy atom. The van der Waals surface area contributed by atoms with Gasteiger partial charge in [0.25, 0.3) is 0 Å². The molecule has 4 aromatic heterocycles. The van der Waals surface area contributed by atoms with Gasteiger partial charge < -0.3 is 8.98 Å². The molecule has 12 rings (SSSR count). The molecule has 0 saturated heterocycles. The van der Waals surface area contributed by atoms with Crippen LogP contribution in [-0.2, 0) is 43.3 Å². The van der Waals surface area contributed by atoms with Crippen molar-refractivity contribution in [3.8, 4) is 73.8 Å². The predicted octanol–water partition coefficient (Wildman–Crippen LogP) is 24.0. The average Bonchev–Trinajstić information content (AvgIpc) is 1.52.